The molecule has 0 saturated carbocycles. The zero-order chi connectivity index (χ0) is 11.4. The third-order valence-electron chi connectivity index (χ3n) is 1.25. The second-order valence-corrected chi connectivity index (χ2v) is 3.66. The van der Waals surface area contributed by atoms with Crippen LogP contribution in [-0.4, -0.2) is 105 Å². The van der Waals surface area contributed by atoms with Gasteiger partial charge < -0.3 is 29.9 Å². The number of hydrogen-bond donors (Lipinski definition) is 3. The van der Waals surface area contributed by atoms with E-state index in [1.54, 1.807) is 0 Å². The van der Waals surface area contributed by atoms with E-state index in [1.807, 2.05) is 0 Å². The van der Waals surface area contributed by atoms with Crippen molar-refractivity contribution >= 4 is 73.2 Å². The molecule has 8 nitrogen and oxygen atoms in total. The van der Waals surface area contributed by atoms with Crippen LogP contribution in [0.5, 0.6) is 0 Å². The summed E-state index contributed by atoms with van der Waals surface area (Å²) in [6, 6.07) is 0. The molecule has 86 valence electrons. The Balaban J connectivity index is -0.000000845. The summed E-state index contributed by atoms with van der Waals surface area (Å²) in [7, 11) is -4.79. The molecule has 0 spiro atoms. The summed E-state index contributed by atoms with van der Waals surface area (Å²) in [5, 5.41) is 30.1. The number of carbonyl (C=O) groups is 1. The number of rotatable bonds is 6. The number of phosphoric acid groups is 1. The van der Waals surface area contributed by atoms with Crippen molar-refractivity contribution < 1.29 is 39.0 Å². The van der Waals surface area contributed by atoms with E-state index in [4.69, 9.17) is 14.9 Å². The third kappa shape index (κ3) is 10.8. The molecule has 11 heteroatoms. The Labute approximate surface area is 136 Å². The average molecular weight is 274 g/mol. The van der Waals surface area contributed by atoms with Crippen LogP contribution in [0.3, 0.4) is 0 Å². The molecule has 16 heavy (non-hydrogen) atoms. The minimum Gasteiger partial charge on any atom is -0.851 e. The van der Waals surface area contributed by atoms with Crippen LogP contribution in [-0.2, 0) is 13.9 Å². The third-order valence-corrected chi connectivity index (χ3v) is 1.74. The van der Waals surface area contributed by atoms with E-state index in [-0.39, 0.29) is 65.4 Å². The number of phosphoric ester groups is 1. The number of carbonyl (C=O) groups excluding carboxylic acids is 1. The summed E-state index contributed by atoms with van der Waals surface area (Å²) in [6.45, 7) is -0.995. The largest absolute Gasteiger partial charge is 0.851 e. The molecule has 3 atom stereocenters. The molecule has 0 aliphatic carbocycles. The van der Waals surface area contributed by atoms with Crippen LogP contribution >= 0.6 is 7.82 Å². The summed E-state index contributed by atoms with van der Waals surface area (Å²) >= 11 is 0. The van der Waals surface area contributed by atoms with Crippen molar-refractivity contribution in [3.8, 4) is 0 Å². The fourth-order valence-corrected chi connectivity index (χ4v) is 0.912. The molecule has 0 amide bonds. The molecule has 0 aromatic rings. The zero-order valence-corrected chi connectivity index (χ0v) is 13.7. The van der Waals surface area contributed by atoms with Gasteiger partial charge in [-0.05, 0) is 0 Å². The first-order valence-corrected chi connectivity index (χ1v) is 4.96. The Bertz CT molecular complexity index is 232. The number of aldehydes is 1. The molecule has 0 aromatic carbocycles. The van der Waals surface area contributed by atoms with Crippen LogP contribution in [0.1, 0.15) is 0 Å². The minimum atomic E-state index is -4.79. The van der Waals surface area contributed by atoms with Gasteiger partial charge in [-0.25, -0.2) is 4.57 Å². The van der Waals surface area contributed by atoms with E-state index in [1.165, 1.54) is 0 Å². The van der Waals surface area contributed by atoms with Gasteiger partial charge in [0.2, 0.25) is 0 Å². The normalized spacial score (nSPS) is 16.3. The van der Waals surface area contributed by atoms with Gasteiger partial charge in [-0.15, -0.1) is 6.10 Å². The summed E-state index contributed by atoms with van der Waals surface area (Å²) in [6.07, 6.45) is -6.53. The maximum absolute atomic E-state index is 10.7. The summed E-state index contributed by atoms with van der Waals surface area (Å²) in [5.74, 6) is 0. The maximum Gasteiger partial charge on any atom is 0.469 e. The van der Waals surface area contributed by atoms with Crippen LogP contribution in [0.2, 0.25) is 0 Å². The molecule has 3 N–H and O–H groups in total. The van der Waals surface area contributed by atoms with Gasteiger partial charge in [0.15, 0.2) is 0 Å². The molecule has 0 saturated heterocycles. The van der Waals surface area contributed by atoms with Gasteiger partial charge >= 0.3 is 7.82 Å². The second kappa shape index (κ2) is 10.6. The van der Waals surface area contributed by atoms with Crippen molar-refractivity contribution in [2.75, 3.05) is 6.61 Å². The summed E-state index contributed by atoms with van der Waals surface area (Å²) in [4.78, 5) is 26.2. The molecule has 0 aliphatic heterocycles. The fraction of sp³-hybridized carbons (Fsp3) is 0.800. The van der Waals surface area contributed by atoms with Crippen molar-refractivity contribution in [1.82, 2.24) is 0 Å². The van der Waals surface area contributed by atoms with Crippen LogP contribution in [0, 0.1) is 0 Å². The van der Waals surface area contributed by atoms with Gasteiger partial charge in [0.1, 0.15) is 6.29 Å². The predicted molar refractivity (Wildman–Crippen MR) is 49.2 cm³/mol. The monoisotopic (exact) mass is 274 g/mol. The molecule has 0 aliphatic rings. The first-order chi connectivity index (χ1) is 6.28. The molecule has 0 heterocycles. The van der Waals surface area contributed by atoms with E-state index in [2.05, 4.69) is 4.52 Å². The molecule has 0 fully saturated rings. The molecule has 0 bridgehead atoms. The Morgan fingerprint density at radius 3 is 2.06 bits per heavy atom. The van der Waals surface area contributed by atoms with Gasteiger partial charge in [0.05, 0.1) is 12.7 Å². The molecule has 0 rings (SSSR count). The van der Waals surface area contributed by atoms with E-state index < -0.39 is 32.7 Å². The Morgan fingerprint density at radius 2 is 1.75 bits per heavy atom. The molecular weight excluding hydrogens is 265 g/mol. The molecule has 2 radical (unpaired) electrons. The molecule has 0 unspecified atom stereocenters. The Hall–Kier alpha value is 1.66. The van der Waals surface area contributed by atoms with Crippen molar-refractivity contribution in [1.29, 1.82) is 0 Å². The van der Waals surface area contributed by atoms with Crippen LogP contribution in [0.4, 0.5) is 0 Å². The van der Waals surface area contributed by atoms with Gasteiger partial charge in [-0.1, -0.05) is 6.10 Å². The van der Waals surface area contributed by atoms with E-state index in [9.17, 15) is 19.6 Å². The van der Waals surface area contributed by atoms with Crippen LogP contribution < -0.4 is 10.2 Å². The maximum atomic E-state index is 10.7. The number of aliphatic hydroxyl groups excluding tert-OH is 1. The number of aliphatic hydroxyl groups is 1. The van der Waals surface area contributed by atoms with Gasteiger partial charge in [-0.2, -0.15) is 0 Å². The van der Waals surface area contributed by atoms with Crippen molar-refractivity contribution in [3.63, 3.8) is 0 Å². The smallest absolute Gasteiger partial charge is 0.469 e. The SMILES string of the molecule is O=C[C@H]([O-])[C@H]([O-])[C@H](O)COP(=O)(O)O.[Na].[Na]. The fourth-order valence-electron chi connectivity index (χ4n) is 0.565. The van der Waals surface area contributed by atoms with Crippen LogP contribution in [0.15, 0.2) is 0 Å². The van der Waals surface area contributed by atoms with Crippen molar-refractivity contribution in [3.05, 3.63) is 0 Å². The topological polar surface area (TPSA) is 150 Å². The van der Waals surface area contributed by atoms with Gasteiger partial charge in [0.25, 0.3) is 0 Å². The Morgan fingerprint density at radius 1 is 1.31 bits per heavy atom. The summed E-state index contributed by atoms with van der Waals surface area (Å²) < 4.78 is 13.9. The van der Waals surface area contributed by atoms with Gasteiger partial charge in [0, 0.05) is 59.1 Å². The van der Waals surface area contributed by atoms with E-state index >= 15 is 0 Å². The quantitative estimate of drug-likeness (QED) is 0.248. The van der Waals surface area contributed by atoms with E-state index in [0.29, 0.717) is 0 Å². The zero-order valence-electron chi connectivity index (χ0n) is 8.85. The molecule has 0 aromatic heterocycles. The van der Waals surface area contributed by atoms with Crippen molar-refractivity contribution in [2.24, 2.45) is 0 Å². The first-order valence-electron chi connectivity index (χ1n) is 3.43. The van der Waals surface area contributed by atoms with Crippen molar-refractivity contribution in [2.45, 2.75) is 18.3 Å². The number of hydrogen-bond acceptors (Lipinski definition) is 6. The predicted octanol–water partition coefficient (Wildman–Crippen LogP) is -4.65. The molecular formula is C5H9Na2O8P-2. The summed E-state index contributed by atoms with van der Waals surface area (Å²) in [5.41, 5.74) is 0. The average Bonchev–Trinajstić information content (AvgIpc) is 2.10. The minimum absolute atomic E-state index is 0. The first kappa shape index (κ1) is 22.8. The Kier molecular flexibility index (Phi) is 15.1. The second-order valence-electron chi connectivity index (χ2n) is 2.42. The standard InChI is InChI=1S/C5H9O8P.2Na/c6-1-3(7)5(9)4(8)2-13-14(10,11)12;;/h1,3-5,8H,2H2,(H2,10,11,12);;/q-2;;/t3-,4+,5-;;/m0../s1. The van der Waals surface area contributed by atoms with Crippen LogP contribution in [0.25, 0.3) is 0 Å². The van der Waals surface area contributed by atoms with Gasteiger partial charge in [-0.3, -0.25) is 4.52 Å². The van der Waals surface area contributed by atoms with E-state index in [0.717, 1.165) is 0 Å².